The Morgan fingerprint density at radius 2 is 1.80 bits per heavy atom. The van der Waals surface area contributed by atoms with Gasteiger partial charge in [0, 0.05) is 32.0 Å². The number of hydrogen-bond acceptors (Lipinski definition) is 5. The molecular weight excluding hydrogens is 326 g/mol. The van der Waals surface area contributed by atoms with Gasteiger partial charge in [-0.1, -0.05) is 0 Å². The molecule has 2 aromatic rings. The minimum atomic E-state index is -0.542. The lowest BCUT2D eigenvalue weighted by atomic mass is 9.86. The van der Waals surface area contributed by atoms with Crippen LogP contribution in [0.3, 0.4) is 0 Å². The van der Waals surface area contributed by atoms with Crippen molar-refractivity contribution in [2.45, 2.75) is 12.3 Å². The zero-order valence-corrected chi connectivity index (χ0v) is 14.5. The van der Waals surface area contributed by atoms with Gasteiger partial charge in [-0.2, -0.15) is 0 Å². The Morgan fingerprint density at radius 1 is 1.08 bits per heavy atom. The van der Waals surface area contributed by atoms with Crippen molar-refractivity contribution in [2.24, 2.45) is 14.1 Å². The lowest BCUT2D eigenvalue weighted by Crippen LogP contribution is -2.44. The van der Waals surface area contributed by atoms with Gasteiger partial charge in [0.05, 0.1) is 19.8 Å². The molecular formula is C17H19N3O5. The van der Waals surface area contributed by atoms with Gasteiger partial charge in [-0.25, -0.2) is 4.79 Å². The number of hydrogen-bond donors (Lipinski definition) is 1. The summed E-state index contributed by atoms with van der Waals surface area (Å²) in [7, 11) is 6.00. The van der Waals surface area contributed by atoms with Crippen LogP contribution in [0.2, 0.25) is 0 Å². The van der Waals surface area contributed by atoms with Crippen LogP contribution in [0.15, 0.2) is 27.8 Å². The van der Waals surface area contributed by atoms with Crippen molar-refractivity contribution < 1.29 is 14.3 Å². The molecule has 0 radical (unpaired) electrons. The van der Waals surface area contributed by atoms with Crippen LogP contribution in [0.5, 0.6) is 11.5 Å². The molecule has 1 amide bonds. The van der Waals surface area contributed by atoms with E-state index in [4.69, 9.17) is 9.47 Å². The molecule has 0 saturated heterocycles. The van der Waals surface area contributed by atoms with Gasteiger partial charge in [0.15, 0.2) is 0 Å². The molecule has 0 unspecified atom stereocenters. The second-order valence-electron chi connectivity index (χ2n) is 5.88. The molecule has 3 rings (SSSR count). The summed E-state index contributed by atoms with van der Waals surface area (Å²) in [6, 6.07) is 5.22. The number of methoxy groups -OCH3 is 2. The number of ether oxygens (including phenoxy) is 2. The normalized spacial score (nSPS) is 16.2. The van der Waals surface area contributed by atoms with Gasteiger partial charge >= 0.3 is 5.69 Å². The van der Waals surface area contributed by atoms with Gasteiger partial charge in [-0.3, -0.25) is 18.7 Å². The minimum Gasteiger partial charge on any atom is -0.497 e. The van der Waals surface area contributed by atoms with Crippen molar-refractivity contribution in [3.8, 4) is 11.5 Å². The summed E-state index contributed by atoms with van der Waals surface area (Å²) in [6.07, 6.45) is 0.0734. The van der Waals surface area contributed by atoms with Crippen molar-refractivity contribution in [1.82, 2.24) is 9.13 Å². The summed E-state index contributed by atoms with van der Waals surface area (Å²) in [6.45, 7) is 0. The first-order chi connectivity index (χ1) is 11.9. The third kappa shape index (κ3) is 2.59. The highest BCUT2D eigenvalue weighted by atomic mass is 16.5. The van der Waals surface area contributed by atoms with E-state index in [0.717, 1.165) is 4.57 Å². The fraction of sp³-hybridized carbons (Fsp3) is 0.353. The molecule has 1 aliphatic rings. The lowest BCUT2D eigenvalue weighted by molar-refractivity contribution is -0.116. The maximum atomic E-state index is 12.8. The second kappa shape index (κ2) is 6.12. The highest BCUT2D eigenvalue weighted by Crippen LogP contribution is 2.39. The number of anilines is 1. The highest BCUT2D eigenvalue weighted by molar-refractivity contribution is 5.94. The van der Waals surface area contributed by atoms with Crippen LogP contribution >= 0.6 is 0 Å². The van der Waals surface area contributed by atoms with Gasteiger partial charge in [-0.15, -0.1) is 0 Å². The van der Waals surface area contributed by atoms with Crippen molar-refractivity contribution in [1.29, 1.82) is 0 Å². The topological polar surface area (TPSA) is 91.6 Å². The van der Waals surface area contributed by atoms with Crippen LogP contribution in [0.4, 0.5) is 5.82 Å². The average Bonchev–Trinajstić information content (AvgIpc) is 2.63. The Hall–Kier alpha value is -3.03. The number of carbonyl (C=O) groups excluding carboxylic acids is 1. The summed E-state index contributed by atoms with van der Waals surface area (Å²) >= 11 is 0. The predicted octanol–water partition coefficient (Wildman–Crippen LogP) is 0.575. The summed E-state index contributed by atoms with van der Waals surface area (Å²) in [5, 5.41) is 2.64. The van der Waals surface area contributed by atoms with E-state index in [1.54, 1.807) is 18.2 Å². The van der Waals surface area contributed by atoms with Crippen LogP contribution in [0.25, 0.3) is 0 Å². The SMILES string of the molecule is COc1ccc(OC)c([C@@H]2CC(=O)Nc3c2c(=O)n(C)c(=O)n3C)c1. The summed E-state index contributed by atoms with van der Waals surface area (Å²) in [5.41, 5.74) is 0.0831. The molecule has 1 aromatic carbocycles. The summed E-state index contributed by atoms with van der Waals surface area (Å²) in [5.74, 6) is 0.538. The number of nitrogens with one attached hydrogen (secondary N) is 1. The zero-order valence-electron chi connectivity index (χ0n) is 14.5. The van der Waals surface area contributed by atoms with Gasteiger partial charge < -0.3 is 14.8 Å². The van der Waals surface area contributed by atoms with Crippen LogP contribution < -0.4 is 26.0 Å². The highest BCUT2D eigenvalue weighted by Gasteiger charge is 2.34. The Kier molecular flexibility index (Phi) is 4.12. The molecule has 1 aliphatic heterocycles. The maximum Gasteiger partial charge on any atom is 0.332 e. The molecule has 1 aromatic heterocycles. The molecule has 1 N–H and O–H groups in total. The Bertz CT molecular complexity index is 973. The van der Waals surface area contributed by atoms with Crippen LogP contribution in [-0.4, -0.2) is 29.3 Å². The van der Waals surface area contributed by atoms with Crippen molar-refractivity contribution in [2.75, 3.05) is 19.5 Å². The van der Waals surface area contributed by atoms with E-state index in [1.807, 2.05) is 0 Å². The Labute approximate surface area is 143 Å². The third-order valence-corrected chi connectivity index (χ3v) is 4.51. The summed E-state index contributed by atoms with van der Waals surface area (Å²) in [4.78, 5) is 37.1. The first-order valence-electron chi connectivity index (χ1n) is 7.70. The molecule has 0 spiro atoms. The second-order valence-corrected chi connectivity index (χ2v) is 5.88. The van der Waals surface area contributed by atoms with Crippen LogP contribution in [0, 0.1) is 0 Å². The predicted molar refractivity (Wildman–Crippen MR) is 91.6 cm³/mol. The van der Waals surface area contributed by atoms with Gasteiger partial charge in [0.25, 0.3) is 5.56 Å². The lowest BCUT2D eigenvalue weighted by Gasteiger charge is -2.28. The monoisotopic (exact) mass is 345 g/mol. The molecule has 8 nitrogen and oxygen atoms in total. The maximum absolute atomic E-state index is 12.8. The van der Waals surface area contributed by atoms with Crippen molar-refractivity contribution in [3.05, 3.63) is 50.2 Å². The van der Waals surface area contributed by atoms with E-state index in [1.165, 1.54) is 32.9 Å². The van der Waals surface area contributed by atoms with Crippen molar-refractivity contribution >= 4 is 11.7 Å². The van der Waals surface area contributed by atoms with Crippen LogP contribution in [-0.2, 0) is 18.9 Å². The number of fused-ring (bicyclic) bond motifs is 1. The molecule has 0 fully saturated rings. The molecule has 0 aliphatic carbocycles. The van der Waals surface area contributed by atoms with Crippen LogP contribution in [0.1, 0.15) is 23.5 Å². The Balaban J connectivity index is 2.34. The molecule has 0 bridgehead atoms. The number of aromatic nitrogens is 2. The van der Waals surface area contributed by atoms with E-state index in [0.29, 0.717) is 22.6 Å². The van der Waals surface area contributed by atoms with E-state index < -0.39 is 17.2 Å². The number of amides is 1. The smallest absolute Gasteiger partial charge is 0.332 e. The quantitative estimate of drug-likeness (QED) is 0.878. The Morgan fingerprint density at radius 3 is 2.44 bits per heavy atom. The fourth-order valence-corrected chi connectivity index (χ4v) is 3.18. The standard InChI is InChI=1S/C17H19N3O5/c1-19-15-14(16(22)20(2)17(19)23)11(8-13(21)18-15)10-7-9(24-3)5-6-12(10)25-4/h5-7,11H,8H2,1-4H3,(H,18,21)/t11-/m0/s1. The number of rotatable bonds is 3. The average molecular weight is 345 g/mol. The third-order valence-electron chi connectivity index (χ3n) is 4.51. The zero-order chi connectivity index (χ0) is 18.3. The van der Waals surface area contributed by atoms with Crippen molar-refractivity contribution in [3.63, 3.8) is 0 Å². The largest absolute Gasteiger partial charge is 0.497 e. The molecule has 1 atom stereocenters. The number of nitrogens with zero attached hydrogens (tertiary/aromatic N) is 2. The van der Waals surface area contributed by atoms with Gasteiger partial charge in [0.2, 0.25) is 5.91 Å². The van der Waals surface area contributed by atoms with E-state index in [-0.39, 0.29) is 18.1 Å². The van der Waals surface area contributed by atoms with E-state index in [2.05, 4.69) is 5.32 Å². The van der Waals surface area contributed by atoms with E-state index >= 15 is 0 Å². The van der Waals surface area contributed by atoms with Gasteiger partial charge in [0.1, 0.15) is 17.3 Å². The number of carbonyl (C=O) groups is 1. The first-order valence-corrected chi connectivity index (χ1v) is 7.70. The number of benzene rings is 1. The first kappa shape index (κ1) is 16.8. The van der Waals surface area contributed by atoms with E-state index in [9.17, 15) is 14.4 Å². The molecule has 0 saturated carbocycles. The molecule has 132 valence electrons. The fourth-order valence-electron chi connectivity index (χ4n) is 3.18. The molecule has 2 heterocycles. The van der Waals surface area contributed by atoms with Gasteiger partial charge in [-0.05, 0) is 18.2 Å². The summed E-state index contributed by atoms with van der Waals surface area (Å²) < 4.78 is 13.0. The molecule has 8 heteroatoms. The molecule has 25 heavy (non-hydrogen) atoms. The minimum absolute atomic E-state index is 0.0734.